The molecule has 2 aromatic heterocycles. The van der Waals surface area contributed by atoms with Crippen LogP contribution in [0, 0.1) is 11.8 Å². The molecule has 8 N–H and O–H groups in total. The van der Waals surface area contributed by atoms with Gasteiger partial charge in [-0.2, -0.15) is 0 Å². The van der Waals surface area contributed by atoms with Gasteiger partial charge in [-0.15, -0.1) is 0 Å². The summed E-state index contributed by atoms with van der Waals surface area (Å²) in [6.45, 7) is 13.1. The number of benzene rings is 4. The van der Waals surface area contributed by atoms with E-state index in [0.717, 1.165) is 0 Å². The fourth-order valence-corrected chi connectivity index (χ4v) is 20.1. The molecule has 0 radical (unpaired) electrons. The van der Waals surface area contributed by atoms with Gasteiger partial charge < -0.3 is 98.3 Å². The lowest BCUT2D eigenvalue weighted by atomic mass is 9.84. The third kappa shape index (κ3) is 24.7. The van der Waals surface area contributed by atoms with Crippen molar-refractivity contribution in [1.82, 2.24) is 30.5 Å². The van der Waals surface area contributed by atoms with E-state index in [1.807, 2.05) is 20.8 Å². The zero-order valence-electron chi connectivity index (χ0n) is 62.1. The van der Waals surface area contributed by atoms with E-state index in [2.05, 4.69) is 51.7 Å². The van der Waals surface area contributed by atoms with E-state index in [1.54, 1.807) is 71.2 Å². The Bertz CT molecular complexity index is 5420. The van der Waals surface area contributed by atoms with Crippen LogP contribution in [0.3, 0.4) is 0 Å². The Hall–Kier alpha value is -7.24. The van der Waals surface area contributed by atoms with Gasteiger partial charge in [0.2, 0.25) is 5.91 Å². The van der Waals surface area contributed by atoms with Crippen molar-refractivity contribution >= 4 is 150 Å². The predicted octanol–water partition coefficient (Wildman–Crippen LogP) is 5.26. The standard InChI is InChI=1S/C69H82N9O27P3S6/c1-38(110-109-9)101-55-28-58(103-56(55)32-100-107(87,88)105-108(89,90)104-106(84,85)86)78-31-41(60-62(70)74-37-75-63(60)78)13-11-17-71-57(79)33-97-20-21-98-59(111-112-67(2,3)4)34-99-44-14-10-12-39(22-44)64(80)72-18-19-73-65(81)40-15-16-45(66(82)83)48(23-40)61-49-24-46-42(35-113(91,92)93)29-68(5,6)76-51(46)26-53(49)102-54-27-52-47(25-50(54)61)43(36-114(94,95)96)30-69(7,8)77-52/h10,12,14-16,22-27,29-31,37-38,55-56,58-59,76H,17-21,28,32-36H2,1-9H3,(H,71,79)(H,72,80)(H,73,81)(H,82,83)(H,87,88)(H,89,90)(H2,70,74,75)(H2,84,85,86)(H,91,92,93)(H,94,95,96)/p-5/t38-,55-,56-,58-,59?/m1/s1. The molecular weight excluding hydrogens is 1670 g/mol. The highest BCUT2D eigenvalue weighted by Gasteiger charge is 2.41. The Morgan fingerprint density at radius 1 is 0.842 bits per heavy atom. The Kier molecular flexibility index (Phi) is 28.4. The first-order valence-corrected chi connectivity index (χ1v) is 46.7. The van der Waals surface area contributed by atoms with E-state index < -0.39 is 126 Å². The zero-order valence-corrected chi connectivity index (χ0v) is 69.7. The fourth-order valence-electron chi connectivity index (χ4n) is 12.4. The minimum absolute atomic E-state index is 0.00676. The van der Waals surface area contributed by atoms with E-state index in [1.165, 1.54) is 109 Å². The smallest absolute Gasteiger partial charge is 0.336 e. The summed E-state index contributed by atoms with van der Waals surface area (Å²) in [7, 11) is -22.2. The zero-order chi connectivity index (χ0) is 83.3. The molecule has 8 atom stereocenters. The highest BCUT2D eigenvalue weighted by Crippen LogP contribution is 2.62. The molecule has 1 fully saturated rings. The molecular formula is C69H77N9O27P3S6-5. The van der Waals surface area contributed by atoms with Crippen molar-refractivity contribution in [2.45, 2.75) is 107 Å². The lowest BCUT2D eigenvalue weighted by molar-refractivity contribution is -0.250. The van der Waals surface area contributed by atoms with Gasteiger partial charge in [-0.25, -0.2) is 40.2 Å². The minimum atomic E-state index is -6.18. The lowest BCUT2D eigenvalue weighted by Crippen LogP contribution is -2.35. The number of nitrogens with two attached hydrogens (primary N) is 1. The molecule has 6 aromatic rings. The molecule has 0 spiro atoms. The van der Waals surface area contributed by atoms with Gasteiger partial charge in [-0.05, 0) is 106 Å². The van der Waals surface area contributed by atoms with Crippen LogP contribution in [0.5, 0.6) is 17.2 Å². The van der Waals surface area contributed by atoms with Crippen molar-refractivity contribution in [3.05, 3.63) is 146 Å². The first-order valence-electron chi connectivity index (χ1n) is 34.2. The summed E-state index contributed by atoms with van der Waals surface area (Å²) in [5, 5.41) is 23.0. The molecule has 6 heterocycles. The van der Waals surface area contributed by atoms with Crippen molar-refractivity contribution in [2.24, 2.45) is 4.99 Å². The first kappa shape index (κ1) is 89.1. The van der Waals surface area contributed by atoms with Crippen molar-refractivity contribution in [2.75, 3.05) is 81.5 Å². The number of carbonyl (C=O) groups is 4. The van der Waals surface area contributed by atoms with Crippen LogP contribution in [0.15, 0.2) is 96.4 Å². The van der Waals surface area contributed by atoms with Gasteiger partial charge in [0.05, 0.1) is 97.2 Å². The number of nitrogen functional groups attached to an aromatic ring is 1. The number of nitrogens with one attached hydrogen (secondary N) is 4. The van der Waals surface area contributed by atoms with Gasteiger partial charge in [-0.1, -0.05) is 94.0 Å². The number of hydrogen-bond donors (Lipinski definition) is 7. The maximum atomic E-state index is 14.2. The second-order valence-corrected chi connectivity index (χ2v) is 40.9. The second-order valence-electron chi connectivity index (χ2n) is 27.8. The van der Waals surface area contributed by atoms with Crippen LogP contribution in [-0.4, -0.2) is 184 Å². The van der Waals surface area contributed by atoms with Crippen molar-refractivity contribution in [3.63, 3.8) is 0 Å². The third-order valence-electron chi connectivity index (χ3n) is 16.5. The number of amides is 3. The monoisotopic (exact) mass is 1750 g/mol. The molecule has 4 aliphatic heterocycles. The number of aromatic nitrogens is 3. The van der Waals surface area contributed by atoms with Crippen LogP contribution < -0.4 is 61.7 Å². The lowest BCUT2D eigenvalue weighted by Gasteiger charge is -2.34. The molecule has 45 heteroatoms. The SMILES string of the molecule is CSS[C@H](C)O[C@@H]1C[C@H](n2cc(C#CCNC(=O)COCCOC(COc3cccc(C(=O)NCCNC(=O)c4ccc(C(=O)O)c(C5=c6cc7c(cc6Oc6cc8c(cc65)C(CS(=O)(=O)[O-])=CC(C)(C)N8)=NC(C)(C)C=C7CS(=O)(=O)[O-])c4)c3)SSC(C)(C)C)c3c(N)ncnc32)O[C@@H]1COP(=O)([O-])OP(=O)([O-])OP(=O)([O-])O. The van der Waals surface area contributed by atoms with Gasteiger partial charge in [0.25, 0.3) is 35.3 Å². The molecule has 10 rings (SSSR count). The average molecular weight is 1750 g/mol. The number of phosphoric ester groups is 1. The molecule has 616 valence electrons. The number of carbonyl (C=O) groups excluding carboxylic acids is 3. The van der Waals surface area contributed by atoms with Gasteiger partial charge in [0.15, 0.2) is 0 Å². The highest BCUT2D eigenvalue weighted by molar-refractivity contribution is 8.77. The number of aromatic carboxylic acids is 1. The van der Waals surface area contributed by atoms with Crippen molar-refractivity contribution in [3.8, 4) is 29.1 Å². The molecule has 0 aliphatic carbocycles. The fraction of sp³-hybridized carbons (Fsp3) is 0.406. The van der Waals surface area contributed by atoms with Crippen molar-refractivity contribution < 1.29 is 125 Å². The van der Waals surface area contributed by atoms with E-state index in [-0.39, 0.29) is 146 Å². The highest BCUT2D eigenvalue weighted by atomic mass is 33.1. The number of carboxylic acid groups (broad SMARTS) is 1. The van der Waals surface area contributed by atoms with Gasteiger partial charge in [-0.3, -0.25) is 33.1 Å². The predicted molar refractivity (Wildman–Crippen MR) is 417 cm³/mol. The minimum Gasteiger partial charge on any atom is -0.756 e. The van der Waals surface area contributed by atoms with Gasteiger partial charge in [0, 0.05) is 86.9 Å². The first-order chi connectivity index (χ1) is 53.2. The number of anilines is 2. The third-order valence-corrected chi connectivity index (χ3v) is 27.0. The maximum Gasteiger partial charge on any atom is 0.336 e. The molecule has 114 heavy (non-hydrogen) atoms. The number of rotatable bonds is 35. The number of hydrogen-bond acceptors (Lipinski definition) is 34. The Balaban J connectivity index is 0.743. The average Bonchev–Trinajstić information content (AvgIpc) is 0.918. The summed E-state index contributed by atoms with van der Waals surface area (Å²) in [5.74, 6) is 1.42. The van der Waals surface area contributed by atoms with Crippen LogP contribution in [0.4, 0.5) is 11.5 Å². The van der Waals surface area contributed by atoms with Crippen LogP contribution in [0.25, 0.3) is 27.8 Å². The number of nitrogens with zero attached hydrogens (tertiary/aromatic N) is 4. The number of carboxylic acids is 1. The topological polar surface area (TPSA) is 544 Å². The molecule has 36 nitrogen and oxygen atoms in total. The molecule has 0 bridgehead atoms. The van der Waals surface area contributed by atoms with Crippen molar-refractivity contribution in [1.29, 1.82) is 0 Å². The van der Waals surface area contributed by atoms with Gasteiger partial charge >= 0.3 is 5.97 Å². The summed E-state index contributed by atoms with van der Waals surface area (Å²) in [6.07, 6.45) is 4.58. The summed E-state index contributed by atoms with van der Waals surface area (Å²) in [4.78, 5) is 111. The largest absolute Gasteiger partial charge is 0.756 e. The molecule has 4 unspecified atom stereocenters. The quantitative estimate of drug-likeness (QED) is 0.00665. The Morgan fingerprint density at radius 3 is 2.20 bits per heavy atom. The van der Waals surface area contributed by atoms with Crippen LogP contribution >= 0.6 is 66.6 Å². The molecule has 4 aromatic carbocycles. The molecule has 4 aliphatic rings. The molecule has 0 saturated carbocycles. The summed E-state index contributed by atoms with van der Waals surface area (Å²) in [6, 6.07) is 16.3. The van der Waals surface area contributed by atoms with Gasteiger partial charge in [0.1, 0.15) is 71.5 Å². The summed E-state index contributed by atoms with van der Waals surface area (Å²) < 4.78 is 159. The number of phosphoric acid groups is 3. The van der Waals surface area contributed by atoms with E-state index >= 15 is 0 Å². The number of fused-ring (bicyclic) bond motifs is 5. The van der Waals surface area contributed by atoms with Crippen LogP contribution in [0.2, 0.25) is 0 Å². The summed E-state index contributed by atoms with van der Waals surface area (Å²) >= 11 is 0. The number of ether oxygens (including phenoxy) is 6. The Morgan fingerprint density at radius 2 is 1.54 bits per heavy atom. The van der Waals surface area contributed by atoms with E-state index in [0.29, 0.717) is 22.4 Å². The van der Waals surface area contributed by atoms with E-state index in [4.69, 9.17) is 48.6 Å². The molecule has 1 saturated heterocycles. The summed E-state index contributed by atoms with van der Waals surface area (Å²) in [5.41, 5.74) is 5.18. The molecule has 3 amide bonds. The van der Waals surface area contributed by atoms with E-state index in [9.17, 15) is 78.6 Å². The maximum absolute atomic E-state index is 14.2. The normalized spacial score (nSPS) is 18.9. The van der Waals surface area contributed by atoms with Crippen LogP contribution in [0.1, 0.15) is 127 Å². The van der Waals surface area contributed by atoms with Crippen LogP contribution in [-0.2, 0) is 70.8 Å². The Labute approximate surface area is 670 Å². The second kappa shape index (κ2) is 36.3.